The number of guanidine groups is 1. The Hall–Kier alpha value is -2.37. The second kappa shape index (κ2) is 10.1. The number of nitrogens with one attached hydrogen (secondary N) is 2. The third kappa shape index (κ3) is 5.02. The Balaban J connectivity index is 0.00000256. The van der Waals surface area contributed by atoms with Crippen LogP contribution in [0.4, 0.5) is 5.69 Å². The topological polar surface area (TPSA) is 96.7 Å². The summed E-state index contributed by atoms with van der Waals surface area (Å²) in [7, 11) is 1.77. The first-order valence-corrected chi connectivity index (χ1v) is 10.0. The van der Waals surface area contributed by atoms with Gasteiger partial charge in [-0.25, -0.2) is 9.67 Å². The van der Waals surface area contributed by atoms with Gasteiger partial charge in [0.1, 0.15) is 17.4 Å². The van der Waals surface area contributed by atoms with Crippen molar-refractivity contribution in [2.45, 2.75) is 38.8 Å². The van der Waals surface area contributed by atoms with Gasteiger partial charge in [0.05, 0.1) is 12.2 Å². The minimum absolute atomic E-state index is 0. The minimum Gasteiger partial charge on any atom is -0.482 e. The first-order chi connectivity index (χ1) is 14.1. The maximum absolute atomic E-state index is 12.2. The molecule has 0 saturated heterocycles. The molecule has 0 aliphatic carbocycles. The number of aryl methyl sites for hydroxylation is 2. The van der Waals surface area contributed by atoms with Crippen LogP contribution in [-0.4, -0.2) is 59.4 Å². The van der Waals surface area contributed by atoms with E-state index in [0.717, 1.165) is 54.9 Å². The lowest BCUT2D eigenvalue weighted by atomic mass is 10.1. The largest absolute Gasteiger partial charge is 0.482 e. The van der Waals surface area contributed by atoms with E-state index in [1.54, 1.807) is 11.9 Å². The molecule has 30 heavy (non-hydrogen) atoms. The fraction of sp³-hybridized carbons (Fsp3) is 0.500. The number of para-hydroxylation sites is 2. The van der Waals surface area contributed by atoms with Crippen molar-refractivity contribution in [3.05, 3.63) is 35.9 Å². The first kappa shape index (κ1) is 22.3. The number of benzene rings is 1. The van der Waals surface area contributed by atoms with Crippen molar-refractivity contribution in [2.75, 3.05) is 31.6 Å². The molecule has 2 aliphatic heterocycles. The molecular weight excluding hydrogens is 497 g/mol. The summed E-state index contributed by atoms with van der Waals surface area (Å²) in [4.78, 5) is 22.8. The number of nitrogens with zero attached hydrogens (tertiary/aromatic N) is 5. The number of fused-ring (bicyclic) bond motifs is 2. The molecule has 2 aliphatic rings. The number of hydrogen-bond donors (Lipinski definition) is 2. The molecule has 0 bridgehead atoms. The number of aromatic nitrogens is 3. The number of carbonyl (C=O) groups excluding carboxylic acids is 1. The summed E-state index contributed by atoms with van der Waals surface area (Å²) in [5.74, 6) is 3.40. The van der Waals surface area contributed by atoms with Gasteiger partial charge in [0, 0.05) is 32.6 Å². The van der Waals surface area contributed by atoms with Crippen LogP contribution in [0, 0.1) is 6.92 Å². The number of amides is 1. The van der Waals surface area contributed by atoms with Crippen LogP contribution in [-0.2, 0) is 17.8 Å². The number of ether oxygens (including phenoxy) is 1. The Morgan fingerprint density at radius 3 is 3.03 bits per heavy atom. The summed E-state index contributed by atoms with van der Waals surface area (Å²) in [5.41, 5.74) is 0.840. The summed E-state index contributed by atoms with van der Waals surface area (Å²) < 4.78 is 7.47. The Bertz CT molecular complexity index is 914. The number of hydrogen-bond acceptors (Lipinski definition) is 5. The van der Waals surface area contributed by atoms with Gasteiger partial charge in [0.25, 0.3) is 5.91 Å². The lowest BCUT2D eigenvalue weighted by molar-refractivity contribution is -0.121. The lowest BCUT2D eigenvalue weighted by Gasteiger charge is -2.29. The predicted octanol–water partition coefficient (Wildman–Crippen LogP) is 1.50. The molecular formula is C20H28IN7O2. The fourth-order valence-corrected chi connectivity index (χ4v) is 3.78. The highest BCUT2D eigenvalue weighted by Gasteiger charge is 2.25. The molecule has 1 atom stereocenters. The number of halogens is 1. The molecule has 0 fully saturated rings. The molecule has 10 heteroatoms. The van der Waals surface area contributed by atoms with Crippen molar-refractivity contribution in [3.63, 3.8) is 0 Å². The van der Waals surface area contributed by atoms with Crippen molar-refractivity contribution in [1.82, 2.24) is 25.4 Å². The van der Waals surface area contributed by atoms with Crippen molar-refractivity contribution in [3.8, 4) is 5.75 Å². The van der Waals surface area contributed by atoms with E-state index in [1.165, 1.54) is 0 Å². The monoisotopic (exact) mass is 525 g/mol. The van der Waals surface area contributed by atoms with Gasteiger partial charge in [-0.05, 0) is 31.9 Å². The SMILES string of the molecule is CN=C(NCCCN1C(=O)COc2ccccc21)NC1CCc2nc(C)nn2C1.I. The van der Waals surface area contributed by atoms with Gasteiger partial charge < -0.3 is 20.3 Å². The van der Waals surface area contributed by atoms with Gasteiger partial charge in [-0.3, -0.25) is 9.79 Å². The van der Waals surface area contributed by atoms with Crippen molar-refractivity contribution in [1.29, 1.82) is 0 Å². The van der Waals surface area contributed by atoms with E-state index >= 15 is 0 Å². The van der Waals surface area contributed by atoms with E-state index in [-0.39, 0.29) is 42.5 Å². The van der Waals surface area contributed by atoms with Crippen molar-refractivity contribution in [2.24, 2.45) is 4.99 Å². The Kier molecular flexibility index (Phi) is 7.51. The molecule has 2 aromatic rings. The molecule has 0 saturated carbocycles. The average molecular weight is 525 g/mol. The quantitative estimate of drug-likeness (QED) is 0.266. The van der Waals surface area contributed by atoms with Gasteiger partial charge in [-0.2, -0.15) is 5.10 Å². The van der Waals surface area contributed by atoms with Gasteiger partial charge in [-0.15, -0.1) is 24.0 Å². The summed E-state index contributed by atoms with van der Waals surface area (Å²) in [6.45, 7) is 4.15. The van der Waals surface area contributed by atoms with Crippen LogP contribution in [0.5, 0.6) is 5.75 Å². The molecule has 1 amide bonds. The number of aliphatic imine (C=N–C) groups is 1. The zero-order valence-electron chi connectivity index (χ0n) is 17.3. The predicted molar refractivity (Wildman–Crippen MR) is 126 cm³/mol. The molecule has 3 heterocycles. The second-order valence-electron chi connectivity index (χ2n) is 7.29. The highest BCUT2D eigenvalue weighted by atomic mass is 127. The molecule has 162 valence electrons. The Morgan fingerprint density at radius 2 is 2.20 bits per heavy atom. The third-order valence-electron chi connectivity index (χ3n) is 5.19. The summed E-state index contributed by atoms with van der Waals surface area (Å²) in [6.07, 6.45) is 2.71. The molecule has 4 rings (SSSR count). The molecule has 9 nitrogen and oxygen atoms in total. The summed E-state index contributed by atoms with van der Waals surface area (Å²) in [5, 5.41) is 11.3. The second-order valence-corrected chi connectivity index (χ2v) is 7.29. The zero-order valence-corrected chi connectivity index (χ0v) is 19.6. The maximum atomic E-state index is 12.2. The maximum Gasteiger partial charge on any atom is 0.265 e. The number of rotatable bonds is 5. The number of anilines is 1. The van der Waals surface area contributed by atoms with Gasteiger partial charge in [0.2, 0.25) is 0 Å². The molecule has 1 aromatic carbocycles. The van der Waals surface area contributed by atoms with Crippen LogP contribution in [0.25, 0.3) is 0 Å². The molecule has 0 radical (unpaired) electrons. The van der Waals surface area contributed by atoms with E-state index in [0.29, 0.717) is 13.1 Å². The van der Waals surface area contributed by atoms with Gasteiger partial charge >= 0.3 is 0 Å². The average Bonchev–Trinajstić information content (AvgIpc) is 3.10. The van der Waals surface area contributed by atoms with E-state index in [4.69, 9.17) is 4.74 Å². The summed E-state index contributed by atoms with van der Waals surface area (Å²) in [6, 6.07) is 7.92. The molecule has 1 unspecified atom stereocenters. The first-order valence-electron chi connectivity index (χ1n) is 10.0. The van der Waals surface area contributed by atoms with Crippen LogP contribution < -0.4 is 20.3 Å². The van der Waals surface area contributed by atoms with Gasteiger partial charge in [0.15, 0.2) is 12.6 Å². The molecule has 1 aromatic heterocycles. The van der Waals surface area contributed by atoms with Crippen LogP contribution in [0.3, 0.4) is 0 Å². The third-order valence-corrected chi connectivity index (χ3v) is 5.19. The number of carbonyl (C=O) groups is 1. The van der Waals surface area contributed by atoms with Crippen molar-refractivity contribution >= 4 is 41.5 Å². The Labute approximate surface area is 193 Å². The zero-order chi connectivity index (χ0) is 20.2. The van der Waals surface area contributed by atoms with Gasteiger partial charge in [-0.1, -0.05) is 12.1 Å². The Morgan fingerprint density at radius 1 is 1.37 bits per heavy atom. The fourth-order valence-electron chi connectivity index (χ4n) is 3.78. The van der Waals surface area contributed by atoms with E-state index in [9.17, 15) is 4.79 Å². The molecule has 0 spiro atoms. The van der Waals surface area contributed by atoms with Crippen LogP contribution in [0.1, 0.15) is 24.5 Å². The smallest absolute Gasteiger partial charge is 0.265 e. The summed E-state index contributed by atoms with van der Waals surface area (Å²) >= 11 is 0. The van der Waals surface area contributed by atoms with Crippen LogP contribution >= 0.6 is 24.0 Å². The van der Waals surface area contributed by atoms with Crippen molar-refractivity contribution < 1.29 is 9.53 Å². The van der Waals surface area contributed by atoms with Crippen LogP contribution in [0.2, 0.25) is 0 Å². The normalized spacial score (nSPS) is 18.1. The highest BCUT2D eigenvalue weighted by molar-refractivity contribution is 14.0. The standard InChI is InChI=1S/C20H27N7O2.HI/c1-14-23-18-9-8-15(12-27(18)25-14)24-20(21-2)22-10-5-11-26-16-6-3-4-7-17(16)29-13-19(26)28;/h3-4,6-7,15H,5,8-13H2,1-2H3,(H2,21,22,24);1H. The van der Waals surface area contributed by atoms with E-state index in [1.807, 2.05) is 35.9 Å². The van der Waals surface area contributed by atoms with E-state index in [2.05, 4.69) is 25.7 Å². The minimum atomic E-state index is -0.00709. The molecule has 2 N–H and O–H groups in total. The van der Waals surface area contributed by atoms with E-state index < -0.39 is 0 Å². The highest BCUT2D eigenvalue weighted by Crippen LogP contribution is 2.31. The lowest BCUT2D eigenvalue weighted by Crippen LogP contribution is -2.47. The van der Waals surface area contributed by atoms with Crippen LogP contribution in [0.15, 0.2) is 29.3 Å².